The zero-order chi connectivity index (χ0) is 29.3. The number of ketones is 1. The molecule has 2 saturated carbocycles. The van der Waals surface area contributed by atoms with Crippen molar-refractivity contribution >= 4 is 11.8 Å². The van der Waals surface area contributed by atoms with Gasteiger partial charge in [-0.05, 0) is 87.0 Å². The highest BCUT2D eigenvalue weighted by Gasteiger charge is 2.64. The molecule has 0 bridgehead atoms. The molecule has 4 aliphatic carbocycles. The van der Waals surface area contributed by atoms with Gasteiger partial charge in [-0.1, -0.05) is 37.1 Å². The molecule has 3 fully saturated rings. The highest BCUT2D eigenvalue weighted by atomic mass is 16.7. The van der Waals surface area contributed by atoms with Crippen molar-refractivity contribution in [3.05, 3.63) is 34.9 Å². The second kappa shape index (κ2) is 10.7. The minimum absolute atomic E-state index is 0.0171. The first kappa shape index (κ1) is 29.2. The van der Waals surface area contributed by atoms with Crippen LogP contribution in [0.5, 0.6) is 0 Å². The Balaban J connectivity index is 1.16. The molecule has 0 aromatic heterocycles. The lowest BCUT2D eigenvalue weighted by molar-refractivity contribution is -0.233. The molecule has 2 heterocycles. The van der Waals surface area contributed by atoms with Crippen LogP contribution in [0, 0.1) is 40.4 Å². The van der Waals surface area contributed by atoms with Crippen molar-refractivity contribution in [1.82, 2.24) is 0 Å². The number of ether oxygens (including phenoxy) is 3. The van der Waals surface area contributed by atoms with E-state index >= 15 is 0 Å². The number of aliphatic hydroxyl groups excluding tert-OH is 3. The van der Waals surface area contributed by atoms with E-state index in [9.17, 15) is 24.9 Å². The van der Waals surface area contributed by atoms with Crippen molar-refractivity contribution in [2.45, 2.75) is 103 Å². The number of fused-ring (bicyclic) bond motifs is 5. The molecule has 1 saturated heterocycles. The van der Waals surface area contributed by atoms with Gasteiger partial charge in [0.05, 0.1) is 36.4 Å². The fourth-order valence-corrected chi connectivity index (χ4v) is 9.71. The quantitative estimate of drug-likeness (QED) is 0.338. The molecule has 8 nitrogen and oxygen atoms in total. The number of hydrogen-bond donors (Lipinski definition) is 3. The van der Waals surface area contributed by atoms with Gasteiger partial charge < -0.3 is 29.5 Å². The average Bonchev–Trinajstić information content (AvgIpc) is 3.28. The molecular formula is C33H46O8. The summed E-state index contributed by atoms with van der Waals surface area (Å²) in [7, 11) is 0. The lowest BCUT2D eigenvalue weighted by Gasteiger charge is -2.58. The SMILES string of the molecule is CC1=C(CO[C@@H]2OC[C@H](O)C[C@@H]2O)C(=O)OC(C(C)C2CCC3[C@@H]4CC=C5CC=CC(=O)[C@]5(C)C4C[C@@H](O)[C@]23C)C1. The first-order valence-corrected chi connectivity index (χ1v) is 15.5. The number of hydrogen-bond acceptors (Lipinski definition) is 8. The number of esters is 1. The minimum atomic E-state index is -0.953. The van der Waals surface area contributed by atoms with Gasteiger partial charge in [-0.3, -0.25) is 4.79 Å². The minimum Gasteiger partial charge on any atom is -0.458 e. The normalized spacial score (nSPS) is 46.8. The highest BCUT2D eigenvalue weighted by Crippen LogP contribution is 2.66. The summed E-state index contributed by atoms with van der Waals surface area (Å²) in [5.74, 6) is 0.872. The van der Waals surface area contributed by atoms with Crippen LogP contribution in [0.4, 0.5) is 0 Å². The van der Waals surface area contributed by atoms with Gasteiger partial charge in [0.15, 0.2) is 12.1 Å². The van der Waals surface area contributed by atoms with Gasteiger partial charge in [-0.25, -0.2) is 4.79 Å². The van der Waals surface area contributed by atoms with E-state index < -0.39 is 36.0 Å². The van der Waals surface area contributed by atoms with E-state index in [1.165, 1.54) is 5.57 Å². The Bertz CT molecular complexity index is 1170. The Kier molecular flexibility index (Phi) is 7.63. The zero-order valence-corrected chi connectivity index (χ0v) is 24.8. The van der Waals surface area contributed by atoms with Gasteiger partial charge in [-0.2, -0.15) is 0 Å². The maximum atomic E-state index is 13.2. The van der Waals surface area contributed by atoms with Crippen LogP contribution in [0.25, 0.3) is 0 Å². The molecule has 41 heavy (non-hydrogen) atoms. The summed E-state index contributed by atoms with van der Waals surface area (Å²) in [6.07, 6.45) is 7.86. The molecule has 12 atom stereocenters. The van der Waals surface area contributed by atoms with Crippen molar-refractivity contribution in [3.63, 3.8) is 0 Å². The van der Waals surface area contributed by atoms with Crippen LogP contribution in [0.1, 0.15) is 72.6 Å². The van der Waals surface area contributed by atoms with Gasteiger partial charge in [-0.15, -0.1) is 0 Å². The molecule has 6 aliphatic rings. The third kappa shape index (κ3) is 4.60. The topological polar surface area (TPSA) is 123 Å². The first-order chi connectivity index (χ1) is 19.5. The van der Waals surface area contributed by atoms with Crippen molar-refractivity contribution in [3.8, 4) is 0 Å². The van der Waals surface area contributed by atoms with E-state index in [4.69, 9.17) is 14.2 Å². The summed E-state index contributed by atoms with van der Waals surface area (Å²) in [6.45, 7) is 8.52. The fourth-order valence-electron chi connectivity index (χ4n) is 9.71. The standard InChI is InChI=1S/C33H46O8/c1-17-12-27(41-30(38)22(17)16-40-31-26(35)13-20(34)15-39-31)18(2)23-10-11-24-21-9-8-19-6-5-7-28(36)32(19,3)25(21)14-29(37)33(23,24)4/h5,7-8,18,20-21,23-27,29,31,34-35,37H,6,9-16H2,1-4H3/t18?,20-,21+,23?,24?,25?,26+,27?,29-,31+,32+,33-/m1/s1. The fraction of sp³-hybridized carbons (Fsp3) is 0.758. The second-order valence-corrected chi connectivity index (χ2v) is 14.1. The highest BCUT2D eigenvalue weighted by molar-refractivity contribution is 5.98. The predicted molar refractivity (Wildman–Crippen MR) is 150 cm³/mol. The Morgan fingerprint density at radius 2 is 1.90 bits per heavy atom. The van der Waals surface area contributed by atoms with Gasteiger partial charge >= 0.3 is 5.97 Å². The van der Waals surface area contributed by atoms with Gasteiger partial charge in [0, 0.05) is 12.8 Å². The number of carbonyl (C=O) groups excluding carboxylic acids is 2. The van der Waals surface area contributed by atoms with Crippen molar-refractivity contribution in [2.24, 2.45) is 40.4 Å². The van der Waals surface area contributed by atoms with Crippen LogP contribution in [0.3, 0.4) is 0 Å². The average molecular weight is 571 g/mol. The summed E-state index contributed by atoms with van der Waals surface area (Å²) in [5, 5.41) is 31.6. The molecule has 3 N–H and O–H groups in total. The van der Waals surface area contributed by atoms with Crippen LogP contribution >= 0.6 is 0 Å². The third-order valence-electron chi connectivity index (χ3n) is 12.2. The van der Waals surface area contributed by atoms with Crippen molar-refractivity contribution in [1.29, 1.82) is 0 Å². The van der Waals surface area contributed by atoms with Gasteiger partial charge in [0.25, 0.3) is 0 Å². The lowest BCUT2D eigenvalue weighted by Crippen LogP contribution is -2.58. The first-order valence-electron chi connectivity index (χ1n) is 15.5. The Morgan fingerprint density at radius 3 is 2.63 bits per heavy atom. The number of carbonyl (C=O) groups is 2. The molecule has 8 heteroatoms. The number of rotatable bonds is 5. The molecule has 0 amide bonds. The summed E-state index contributed by atoms with van der Waals surface area (Å²) in [4.78, 5) is 26.4. The van der Waals surface area contributed by atoms with E-state index in [1.807, 2.05) is 13.0 Å². The summed E-state index contributed by atoms with van der Waals surface area (Å²) < 4.78 is 17.1. The number of allylic oxidation sites excluding steroid dienone is 4. The molecule has 2 aliphatic heterocycles. The zero-order valence-electron chi connectivity index (χ0n) is 24.8. The van der Waals surface area contributed by atoms with E-state index in [0.717, 1.165) is 31.3 Å². The monoisotopic (exact) mass is 570 g/mol. The molecule has 0 aromatic rings. The molecule has 0 spiro atoms. The third-order valence-corrected chi connectivity index (χ3v) is 12.2. The van der Waals surface area contributed by atoms with Crippen molar-refractivity contribution < 1.29 is 39.1 Å². The molecule has 6 rings (SSSR count). The Labute approximate surface area is 242 Å². The van der Waals surface area contributed by atoms with Crippen LogP contribution < -0.4 is 0 Å². The van der Waals surface area contributed by atoms with Crippen LogP contribution in [-0.2, 0) is 23.8 Å². The molecule has 0 aromatic carbocycles. The maximum absolute atomic E-state index is 13.2. The number of aliphatic hydroxyl groups is 3. The summed E-state index contributed by atoms with van der Waals surface area (Å²) in [5.41, 5.74) is 1.78. The van der Waals surface area contributed by atoms with Crippen LogP contribution in [0.2, 0.25) is 0 Å². The Hall–Kier alpha value is -1.84. The second-order valence-electron chi connectivity index (χ2n) is 14.1. The molecule has 5 unspecified atom stereocenters. The number of cyclic esters (lactones) is 1. The predicted octanol–water partition coefficient (Wildman–Crippen LogP) is 3.63. The van der Waals surface area contributed by atoms with Crippen LogP contribution in [0.15, 0.2) is 34.9 Å². The smallest absolute Gasteiger partial charge is 0.336 e. The van der Waals surface area contributed by atoms with E-state index in [1.54, 1.807) is 6.08 Å². The van der Waals surface area contributed by atoms with E-state index in [-0.39, 0.29) is 54.7 Å². The molecule has 0 radical (unpaired) electrons. The Morgan fingerprint density at radius 1 is 1.12 bits per heavy atom. The van der Waals surface area contributed by atoms with Crippen LogP contribution in [-0.4, -0.2) is 71.0 Å². The largest absolute Gasteiger partial charge is 0.458 e. The maximum Gasteiger partial charge on any atom is 0.336 e. The summed E-state index contributed by atoms with van der Waals surface area (Å²) in [6, 6.07) is 0. The molecular weight excluding hydrogens is 524 g/mol. The van der Waals surface area contributed by atoms with Gasteiger partial charge in [0.1, 0.15) is 12.2 Å². The van der Waals surface area contributed by atoms with Gasteiger partial charge in [0.2, 0.25) is 0 Å². The molecule has 226 valence electrons. The lowest BCUT2D eigenvalue weighted by atomic mass is 9.46. The summed E-state index contributed by atoms with van der Waals surface area (Å²) >= 11 is 0. The van der Waals surface area contributed by atoms with E-state index in [2.05, 4.69) is 26.8 Å². The van der Waals surface area contributed by atoms with E-state index in [0.29, 0.717) is 30.3 Å². The van der Waals surface area contributed by atoms with Crippen molar-refractivity contribution in [2.75, 3.05) is 13.2 Å².